The zero-order valence-corrected chi connectivity index (χ0v) is 23.4. The number of rotatable bonds is 5. The van der Waals surface area contributed by atoms with Crippen LogP contribution in [0.5, 0.6) is 5.75 Å². The minimum Gasteiger partial charge on any atom is -0.497 e. The zero-order chi connectivity index (χ0) is 29.3. The molecule has 0 spiro atoms. The normalized spacial score (nSPS) is 16.7. The Morgan fingerprint density at radius 3 is 2.26 bits per heavy atom. The molecule has 1 amide bonds. The maximum atomic E-state index is 13.2. The Bertz CT molecular complexity index is 1660. The first kappa shape index (κ1) is 27.6. The number of carbonyl (C=O) groups excluding carboxylic acids is 1. The predicted octanol–water partition coefficient (Wildman–Crippen LogP) is 6.36. The van der Waals surface area contributed by atoms with Crippen LogP contribution in [0.1, 0.15) is 11.1 Å². The number of thioether (sulfide) groups is 1. The molecule has 42 heavy (non-hydrogen) atoms. The van der Waals surface area contributed by atoms with E-state index in [0.29, 0.717) is 47.6 Å². The molecular formula is C31H26F3N5O2S. The topological polar surface area (TPSA) is 63.0 Å². The Balaban J connectivity index is 1.20. The summed E-state index contributed by atoms with van der Waals surface area (Å²) in [4.78, 5) is 21.7. The standard InChI is InChI=1S/C31H26F3N5O2S/c1-41-26-12-10-21(11-13-26)28-22(20-39(36-28)24-7-3-2-4-8-24)18-27-29(40)35-30(42-27)38-16-14-37(15-17-38)25-9-5-6-23(19-25)31(32,33)34/h2-13,18-20H,14-17H2,1H3/b27-18-. The van der Waals surface area contributed by atoms with E-state index in [1.807, 2.05) is 76.7 Å². The number of amidine groups is 1. The van der Waals surface area contributed by atoms with Crippen molar-refractivity contribution in [3.05, 3.63) is 101 Å². The van der Waals surface area contributed by atoms with Crippen LogP contribution in [-0.4, -0.2) is 59.0 Å². The lowest BCUT2D eigenvalue weighted by molar-refractivity contribution is -0.137. The van der Waals surface area contributed by atoms with E-state index in [1.54, 1.807) is 17.9 Å². The monoisotopic (exact) mass is 589 g/mol. The van der Waals surface area contributed by atoms with Gasteiger partial charge in [-0.2, -0.15) is 23.3 Å². The minimum atomic E-state index is -4.39. The van der Waals surface area contributed by atoms with Crippen molar-refractivity contribution in [1.29, 1.82) is 0 Å². The molecule has 0 saturated carbocycles. The fourth-order valence-electron chi connectivity index (χ4n) is 4.89. The molecule has 6 rings (SSSR count). The number of nitrogens with zero attached hydrogens (tertiary/aromatic N) is 5. The molecule has 3 heterocycles. The van der Waals surface area contributed by atoms with Gasteiger partial charge in [0.25, 0.3) is 5.91 Å². The first-order chi connectivity index (χ1) is 20.3. The van der Waals surface area contributed by atoms with Crippen LogP contribution in [-0.2, 0) is 11.0 Å². The van der Waals surface area contributed by atoms with Gasteiger partial charge in [0, 0.05) is 49.2 Å². The molecule has 0 radical (unpaired) electrons. The van der Waals surface area contributed by atoms with Crippen LogP contribution in [0.2, 0.25) is 0 Å². The highest BCUT2D eigenvalue weighted by Gasteiger charge is 2.32. The number of benzene rings is 3. The van der Waals surface area contributed by atoms with Crippen molar-refractivity contribution < 1.29 is 22.7 Å². The van der Waals surface area contributed by atoms with E-state index in [9.17, 15) is 18.0 Å². The molecular weight excluding hydrogens is 563 g/mol. The van der Waals surface area contributed by atoms with E-state index in [-0.39, 0.29) is 5.91 Å². The summed E-state index contributed by atoms with van der Waals surface area (Å²) in [5.74, 6) is 0.400. The largest absolute Gasteiger partial charge is 0.497 e. The lowest BCUT2D eigenvalue weighted by Crippen LogP contribution is -2.47. The third-order valence-electron chi connectivity index (χ3n) is 7.11. The van der Waals surface area contributed by atoms with Crippen molar-refractivity contribution in [2.24, 2.45) is 4.99 Å². The van der Waals surface area contributed by atoms with Gasteiger partial charge in [0.1, 0.15) is 5.75 Å². The van der Waals surface area contributed by atoms with Gasteiger partial charge >= 0.3 is 6.18 Å². The zero-order valence-electron chi connectivity index (χ0n) is 22.6. The number of methoxy groups -OCH3 is 1. The van der Waals surface area contributed by atoms with Gasteiger partial charge in [-0.1, -0.05) is 24.3 Å². The average molecular weight is 590 g/mol. The minimum absolute atomic E-state index is 0.330. The summed E-state index contributed by atoms with van der Waals surface area (Å²) in [5.41, 5.74) is 3.11. The van der Waals surface area contributed by atoms with Crippen molar-refractivity contribution in [1.82, 2.24) is 14.7 Å². The van der Waals surface area contributed by atoms with Gasteiger partial charge in [-0.3, -0.25) is 4.79 Å². The summed E-state index contributed by atoms with van der Waals surface area (Å²) in [6.07, 6.45) is -0.684. The van der Waals surface area contributed by atoms with Crippen molar-refractivity contribution in [3.63, 3.8) is 0 Å². The Labute approximate surface area is 244 Å². The number of aliphatic imine (C=N–C) groups is 1. The summed E-state index contributed by atoms with van der Waals surface area (Å²) < 4.78 is 46.6. The van der Waals surface area contributed by atoms with E-state index in [4.69, 9.17) is 9.84 Å². The molecule has 3 aromatic carbocycles. The van der Waals surface area contributed by atoms with Gasteiger partial charge in [0.2, 0.25) is 0 Å². The lowest BCUT2D eigenvalue weighted by atomic mass is 10.1. The van der Waals surface area contributed by atoms with Crippen molar-refractivity contribution in [3.8, 4) is 22.7 Å². The van der Waals surface area contributed by atoms with Crippen LogP contribution in [0.15, 0.2) is 95.0 Å². The number of ether oxygens (including phenoxy) is 1. The Kier molecular flexibility index (Phi) is 7.51. The summed E-state index contributed by atoms with van der Waals surface area (Å²) >= 11 is 1.30. The molecule has 1 aromatic heterocycles. The first-order valence-corrected chi connectivity index (χ1v) is 14.1. The average Bonchev–Trinajstić information content (AvgIpc) is 3.61. The summed E-state index contributed by atoms with van der Waals surface area (Å²) in [6, 6.07) is 22.7. The van der Waals surface area contributed by atoms with Crippen molar-refractivity contribution >= 4 is 34.6 Å². The van der Waals surface area contributed by atoms with E-state index in [1.165, 1.54) is 23.9 Å². The van der Waals surface area contributed by atoms with E-state index in [2.05, 4.69) is 4.99 Å². The second kappa shape index (κ2) is 11.4. The lowest BCUT2D eigenvalue weighted by Gasteiger charge is -2.36. The van der Waals surface area contributed by atoms with Gasteiger partial charge in [-0.15, -0.1) is 0 Å². The summed E-state index contributed by atoms with van der Waals surface area (Å²) in [5, 5.41) is 5.42. The maximum absolute atomic E-state index is 13.2. The number of para-hydroxylation sites is 1. The molecule has 0 aliphatic carbocycles. The quantitative estimate of drug-likeness (QED) is 0.253. The number of hydrogen-bond acceptors (Lipinski definition) is 6. The second-order valence-corrected chi connectivity index (χ2v) is 10.8. The van der Waals surface area contributed by atoms with Gasteiger partial charge in [0.15, 0.2) is 5.17 Å². The number of alkyl halides is 3. The number of hydrogen-bond donors (Lipinski definition) is 0. The summed E-state index contributed by atoms with van der Waals surface area (Å²) in [7, 11) is 1.61. The predicted molar refractivity (Wildman–Crippen MR) is 159 cm³/mol. The molecule has 7 nitrogen and oxygen atoms in total. The molecule has 2 aliphatic rings. The third kappa shape index (κ3) is 5.78. The molecule has 4 aromatic rings. The molecule has 1 fully saturated rings. The maximum Gasteiger partial charge on any atom is 0.416 e. The van der Waals surface area contributed by atoms with Crippen LogP contribution in [0.3, 0.4) is 0 Å². The van der Waals surface area contributed by atoms with E-state index < -0.39 is 11.7 Å². The molecule has 0 atom stereocenters. The van der Waals surface area contributed by atoms with Crippen LogP contribution < -0.4 is 9.64 Å². The number of aromatic nitrogens is 2. The van der Waals surface area contributed by atoms with Crippen molar-refractivity contribution in [2.45, 2.75) is 6.18 Å². The van der Waals surface area contributed by atoms with Crippen LogP contribution in [0, 0.1) is 0 Å². The number of piperazine rings is 1. The number of halogens is 3. The molecule has 0 unspecified atom stereocenters. The molecule has 1 saturated heterocycles. The Morgan fingerprint density at radius 1 is 0.881 bits per heavy atom. The smallest absolute Gasteiger partial charge is 0.416 e. The SMILES string of the molecule is COc1ccc(-c2nn(-c3ccccc3)cc2/C=C2\SC(N3CCN(c4cccc(C(F)(F)F)c4)CC3)=NC2=O)cc1. The number of anilines is 1. The van der Waals surface area contributed by atoms with E-state index in [0.717, 1.165) is 28.6 Å². The van der Waals surface area contributed by atoms with Gasteiger partial charge < -0.3 is 14.5 Å². The molecule has 11 heteroatoms. The van der Waals surface area contributed by atoms with Gasteiger partial charge in [-0.25, -0.2) is 4.68 Å². The molecule has 2 aliphatic heterocycles. The highest BCUT2D eigenvalue weighted by Crippen LogP contribution is 2.35. The van der Waals surface area contributed by atoms with Crippen LogP contribution in [0.4, 0.5) is 18.9 Å². The highest BCUT2D eigenvalue weighted by molar-refractivity contribution is 8.18. The third-order valence-corrected chi connectivity index (χ3v) is 8.16. The fourth-order valence-corrected chi connectivity index (χ4v) is 5.84. The first-order valence-electron chi connectivity index (χ1n) is 13.3. The summed E-state index contributed by atoms with van der Waals surface area (Å²) in [6.45, 7) is 2.09. The molecule has 0 bridgehead atoms. The van der Waals surface area contributed by atoms with Gasteiger partial charge in [0.05, 0.1) is 29.0 Å². The van der Waals surface area contributed by atoms with Gasteiger partial charge in [-0.05, 0) is 72.4 Å². The molecule has 0 N–H and O–H groups in total. The van der Waals surface area contributed by atoms with Crippen molar-refractivity contribution in [2.75, 3.05) is 38.2 Å². The highest BCUT2D eigenvalue weighted by atomic mass is 32.2. The number of carbonyl (C=O) groups is 1. The fraction of sp³-hybridized carbons (Fsp3) is 0.194. The van der Waals surface area contributed by atoms with E-state index >= 15 is 0 Å². The van der Waals surface area contributed by atoms with Crippen LogP contribution in [0.25, 0.3) is 23.0 Å². The Morgan fingerprint density at radius 2 is 1.57 bits per heavy atom. The second-order valence-electron chi connectivity index (χ2n) is 9.77. The number of amides is 1. The van der Waals surface area contributed by atoms with Crippen LogP contribution >= 0.6 is 11.8 Å². The Hall–Kier alpha value is -4.51. The molecule has 214 valence electrons.